The second-order valence-electron chi connectivity index (χ2n) is 4.91. The van der Waals surface area contributed by atoms with Gasteiger partial charge in [-0.2, -0.15) is 16.4 Å². The predicted octanol–water partition coefficient (Wildman–Crippen LogP) is 2.48. The Morgan fingerprint density at radius 3 is 3.10 bits per heavy atom. The minimum atomic E-state index is -0.00470. The molecule has 1 aliphatic rings. The Balaban J connectivity index is 1.57. The van der Waals surface area contributed by atoms with Crippen molar-refractivity contribution in [3.05, 3.63) is 34.8 Å². The summed E-state index contributed by atoms with van der Waals surface area (Å²) in [7, 11) is 0. The fourth-order valence-corrected chi connectivity index (χ4v) is 3.00. The number of hydrogen-bond donors (Lipinski definition) is 1. The van der Waals surface area contributed by atoms with Gasteiger partial charge in [-0.15, -0.1) is 0 Å². The van der Waals surface area contributed by atoms with E-state index in [1.807, 2.05) is 27.7 Å². The summed E-state index contributed by atoms with van der Waals surface area (Å²) >= 11 is 1.60. The Hall–Kier alpha value is -1.66. The average Bonchev–Trinajstić information content (AvgIpc) is 3.11. The van der Waals surface area contributed by atoms with Crippen molar-refractivity contribution in [1.82, 2.24) is 9.78 Å². The molecule has 2 aromatic heterocycles. The van der Waals surface area contributed by atoms with Gasteiger partial charge < -0.3 is 10.1 Å². The standard InChI is InChI=1S/C14H17N3O2S/c18-14(7-11-3-6-20-10-11)16-12-8-15-17(9-12)13-1-4-19-5-2-13/h3,6,8-10,13H,1-2,4-5,7H2,(H,16,18). The third-order valence-electron chi connectivity index (χ3n) is 3.39. The van der Waals surface area contributed by atoms with E-state index in [1.54, 1.807) is 17.5 Å². The van der Waals surface area contributed by atoms with Crippen LogP contribution in [0.1, 0.15) is 24.4 Å². The molecule has 0 radical (unpaired) electrons. The lowest BCUT2D eigenvalue weighted by molar-refractivity contribution is -0.115. The number of ether oxygens (including phenoxy) is 1. The van der Waals surface area contributed by atoms with Gasteiger partial charge in [-0.1, -0.05) is 0 Å². The zero-order valence-corrected chi connectivity index (χ0v) is 11.9. The smallest absolute Gasteiger partial charge is 0.228 e. The number of carbonyl (C=O) groups excluding carboxylic acids is 1. The molecule has 106 valence electrons. The van der Waals surface area contributed by atoms with Crippen molar-refractivity contribution in [3.63, 3.8) is 0 Å². The molecule has 1 aliphatic heterocycles. The largest absolute Gasteiger partial charge is 0.381 e. The number of nitrogens with one attached hydrogen (secondary N) is 1. The first kappa shape index (κ1) is 13.3. The number of hydrogen-bond acceptors (Lipinski definition) is 4. The van der Waals surface area contributed by atoms with Crippen molar-refractivity contribution < 1.29 is 9.53 Å². The Morgan fingerprint density at radius 2 is 2.35 bits per heavy atom. The summed E-state index contributed by atoms with van der Waals surface area (Å²) in [5.41, 5.74) is 1.81. The summed E-state index contributed by atoms with van der Waals surface area (Å²) in [4.78, 5) is 11.9. The van der Waals surface area contributed by atoms with Crippen LogP contribution in [0, 0.1) is 0 Å². The van der Waals surface area contributed by atoms with Crippen LogP contribution in [0.2, 0.25) is 0 Å². The van der Waals surface area contributed by atoms with E-state index in [1.165, 1.54) is 0 Å². The number of thiophene rings is 1. The molecule has 2 aromatic rings. The third kappa shape index (κ3) is 3.26. The number of carbonyl (C=O) groups is 1. The summed E-state index contributed by atoms with van der Waals surface area (Å²) in [6.45, 7) is 1.56. The number of nitrogens with zero attached hydrogens (tertiary/aromatic N) is 2. The monoisotopic (exact) mass is 291 g/mol. The lowest BCUT2D eigenvalue weighted by Gasteiger charge is -2.22. The van der Waals surface area contributed by atoms with Crippen LogP contribution < -0.4 is 5.32 Å². The van der Waals surface area contributed by atoms with Crippen molar-refractivity contribution in [2.24, 2.45) is 0 Å². The second-order valence-corrected chi connectivity index (χ2v) is 5.69. The van der Waals surface area contributed by atoms with Crippen molar-refractivity contribution in [2.75, 3.05) is 18.5 Å². The fourth-order valence-electron chi connectivity index (χ4n) is 2.34. The van der Waals surface area contributed by atoms with Gasteiger partial charge >= 0.3 is 0 Å². The highest BCUT2D eigenvalue weighted by Crippen LogP contribution is 2.21. The van der Waals surface area contributed by atoms with Gasteiger partial charge in [0.15, 0.2) is 0 Å². The van der Waals surface area contributed by atoms with E-state index < -0.39 is 0 Å². The molecule has 0 aromatic carbocycles. The van der Waals surface area contributed by atoms with Gasteiger partial charge in [0.25, 0.3) is 0 Å². The molecule has 0 bridgehead atoms. The third-order valence-corrected chi connectivity index (χ3v) is 4.13. The Kier molecular flexibility index (Phi) is 4.13. The Morgan fingerprint density at radius 1 is 1.50 bits per heavy atom. The minimum absolute atomic E-state index is 0.00470. The van der Waals surface area contributed by atoms with Crippen LogP contribution in [0.3, 0.4) is 0 Å². The summed E-state index contributed by atoms with van der Waals surface area (Å²) < 4.78 is 7.27. The molecule has 5 nitrogen and oxygen atoms in total. The molecule has 0 aliphatic carbocycles. The van der Waals surface area contributed by atoms with Crippen molar-refractivity contribution in [2.45, 2.75) is 25.3 Å². The topological polar surface area (TPSA) is 56.2 Å². The first-order valence-corrected chi connectivity index (χ1v) is 7.68. The zero-order valence-electron chi connectivity index (χ0n) is 11.1. The molecule has 0 spiro atoms. The number of aromatic nitrogens is 2. The zero-order chi connectivity index (χ0) is 13.8. The van der Waals surface area contributed by atoms with E-state index in [2.05, 4.69) is 10.4 Å². The molecule has 3 rings (SSSR count). The Bertz CT molecular complexity index is 559. The van der Waals surface area contributed by atoms with Crippen molar-refractivity contribution >= 4 is 22.9 Å². The lowest BCUT2D eigenvalue weighted by atomic mass is 10.1. The van der Waals surface area contributed by atoms with Gasteiger partial charge in [0, 0.05) is 19.4 Å². The van der Waals surface area contributed by atoms with Crippen LogP contribution in [0.4, 0.5) is 5.69 Å². The molecule has 0 saturated carbocycles. The second kappa shape index (κ2) is 6.19. The normalized spacial score (nSPS) is 16.2. The van der Waals surface area contributed by atoms with E-state index in [9.17, 15) is 4.79 Å². The molecule has 0 atom stereocenters. The van der Waals surface area contributed by atoms with Crippen LogP contribution in [0.15, 0.2) is 29.2 Å². The molecule has 0 unspecified atom stereocenters. The number of amides is 1. The molecule has 1 amide bonds. The highest BCUT2D eigenvalue weighted by Gasteiger charge is 2.16. The highest BCUT2D eigenvalue weighted by molar-refractivity contribution is 7.08. The van der Waals surface area contributed by atoms with E-state index >= 15 is 0 Å². The van der Waals surface area contributed by atoms with E-state index in [0.29, 0.717) is 12.5 Å². The SMILES string of the molecule is O=C(Cc1ccsc1)Nc1cnn(C2CCOCC2)c1. The van der Waals surface area contributed by atoms with Gasteiger partial charge in [0.2, 0.25) is 5.91 Å². The average molecular weight is 291 g/mol. The van der Waals surface area contributed by atoms with Gasteiger partial charge in [-0.25, -0.2) is 0 Å². The maximum Gasteiger partial charge on any atom is 0.228 e. The predicted molar refractivity (Wildman–Crippen MR) is 78.0 cm³/mol. The number of anilines is 1. The maximum atomic E-state index is 11.9. The van der Waals surface area contributed by atoms with Crippen molar-refractivity contribution in [3.8, 4) is 0 Å². The lowest BCUT2D eigenvalue weighted by Crippen LogP contribution is -2.20. The van der Waals surface area contributed by atoms with Gasteiger partial charge in [0.1, 0.15) is 0 Å². The van der Waals surface area contributed by atoms with E-state index in [0.717, 1.165) is 37.3 Å². The molecule has 1 saturated heterocycles. The molecular formula is C14H17N3O2S. The maximum absolute atomic E-state index is 11.9. The summed E-state index contributed by atoms with van der Waals surface area (Å²) in [5.74, 6) is -0.00470. The van der Waals surface area contributed by atoms with Crippen LogP contribution in [-0.4, -0.2) is 28.9 Å². The van der Waals surface area contributed by atoms with Gasteiger partial charge in [-0.3, -0.25) is 9.48 Å². The highest BCUT2D eigenvalue weighted by atomic mass is 32.1. The quantitative estimate of drug-likeness (QED) is 0.941. The van der Waals surface area contributed by atoms with Crippen molar-refractivity contribution in [1.29, 1.82) is 0 Å². The van der Waals surface area contributed by atoms with Crippen LogP contribution in [-0.2, 0) is 16.0 Å². The number of rotatable bonds is 4. The fraction of sp³-hybridized carbons (Fsp3) is 0.429. The first-order valence-electron chi connectivity index (χ1n) is 6.74. The van der Waals surface area contributed by atoms with Crippen LogP contribution >= 0.6 is 11.3 Å². The summed E-state index contributed by atoms with van der Waals surface area (Å²) in [5, 5.41) is 11.2. The molecule has 1 N–H and O–H groups in total. The van der Waals surface area contributed by atoms with Gasteiger partial charge in [-0.05, 0) is 35.2 Å². The van der Waals surface area contributed by atoms with Gasteiger partial charge in [0.05, 0.1) is 24.3 Å². The van der Waals surface area contributed by atoms with E-state index in [4.69, 9.17) is 4.74 Å². The van der Waals surface area contributed by atoms with Crippen LogP contribution in [0.5, 0.6) is 0 Å². The Labute approximate surface area is 121 Å². The minimum Gasteiger partial charge on any atom is -0.381 e. The molecular weight excluding hydrogens is 274 g/mol. The molecule has 1 fully saturated rings. The van der Waals surface area contributed by atoms with Crippen LogP contribution in [0.25, 0.3) is 0 Å². The summed E-state index contributed by atoms with van der Waals surface area (Å²) in [6, 6.07) is 2.35. The summed E-state index contributed by atoms with van der Waals surface area (Å²) in [6.07, 6.45) is 5.97. The van der Waals surface area contributed by atoms with E-state index in [-0.39, 0.29) is 5.91 Å². The molecule has 3 heterocycles. The molecule has 20 heavy (non-hydrogen) atoms. The first-order chi connectivity index (χ1) is 9.81. The molecule has 6 heteroatoms.